The Morgan fingerprint density at radius 3 is 3.00 bits per heavy atom. The maximum atomic E-state index is 10.4. The molecule has 0 aromatic heterocycles. The summed E-state index contributed by atoms with van der Waals surface area (Å²) in [4.78, 5) is 6.90. The van der Waals surface area contributed by atoms with Crippen LogP contribution in [-0.2, 0) is 4.74 Å². The molecule has 140 valence electrons. The summed E-state index contributed by atoms with van der Waals surface area (Å²) in [5.74, 6) is 2.15. The Labute approximate surface area is 150 Å². The van der Waals surface area contributed by atoms with Gasteiger partial charge in [-0.3, -0.25) is 4.99 Å². The molecule has 0 bridgehead atoms. The van der Waals surface area contributed by atoms with Gasteiger partial charge in [0.05, 0.1) is 26.4 Å². The second-order valence-corrected chi connectivity index (χ2v) is 6.25. The number of hydrogen-bond donors (Lipinski definition) is 2. The molecule has 1 aliphatic rings. The molecule has 2 atom stereocenters. The highest BCUT2D eigenvalue weighted by atomic mass is 16.5. The Morgan fingerprint density at radius 1 is 1.44 bits per heavy atom. The lowest BCUT2D eigenvalue weighted by Gasteiger charge is -2.22. The van der Waals surface area contributed by atoms with Crippen LogP contribution in [-0.4, -0.2) is 62.5 Å². The Hall–Kier alpha value is -1.79. The van der Waals surface area contributed by atoms with Crippen LogP contribution in [0.15, 0.2) is 29.3 Å². The number of aliphatic hydroxyl groups excluding tert-OH is 1. The van der Waals surface area contributed by atoms with Crippen LogP contribution in [0.1, 0.15) is 31.9 Å². The lowest BCUT2D eigenvalue weighted by atomic mass is 10.1. The number of likely N-dealkylation sites (tertiary alicyclic amines) is 1. The van der Waals surface area contributed by atoms with Gasteiger partial charge in [-0.15, -0.1) is 0 Å². The van der Waals surface area contributed by atoms with E-state index in [1.807, 2.05) is 31.2 Å². The zero-order valence-corrected chi connectivity index (χ0v) is 15.6. The predicted octanol–water partition coefficient (Wildman–Crippen LogP) is 2.05. The molecular weight excluding hydrogens is 318 g/mol. The number of ether oxygens (including phenoxy) is 2. The first-order chi connectivity index (χ1) is 12.2. The number of nitrogens with one attached hydrogen (secondary N) is 1. The molecule has 1 fully saturated rings. The lowest BCUT2D eigenvalue weighted by molar-refractivity contribution is 0.114. The summed E-state index contributed by atoms with van der Waals surface area (Å²) in [6.45, 7) is 8.69. The first kappa shape index (κ1) is 19.5. The van der Waals surface area contributed by atoms with Crippen molar-refractivity contribution in [3.63, 3.8) is 0 Å². The minimum Gasteiger partial charge on any atom is -0.497 e. The molecule has 0 aliphatic carbocycles. The summed E-state index contributed by atoms with van der Waals surface area (Å²) < 4.78 is 10.8. The van der Waals surface area contributed by atoms with Crippen molar-refractivity contribution >= 4 is 5.96 Å². The molecule has 0 amide bonds. The van der Waals surface area contributed by atoms with Crippen LogP contribution in [0.3, 0.4) is 0 Å². The molecule has 2 rings (SSSR count). The van der Waals surface area contributed by atoms with Gasteiger partial charge in [0.2, 0.25) is 0 Å². The molecule has 6 nitrogen and oxygen atoms in total. The van der Waals surface area contributed by atoms with E-state index in [2.05, 4.69) is 22.1 Å². The number of hydrogen-bond acceptors (Lipinski definition) is 4. The normalized spacial score (nSPS) is 19.1. The summed E-state index contributed by atoms with van der Waals surface area (Å²) in [5, 5.41) is 13.8. The molecular formula is C19H31N3O3. The van der Waals surface area contributed by atoms with Crippen molar-refractivity contribution in [3.8, 4) is 5.75 Å². The van der Waals surface area contributed by atoms with E-state index in [1.165, 1.54) is 0 Å². The lowest BCUT2D eigenvalue weighted by Crippen LogP contribution is -2.40. The van der Waals surface area contributed by atoms with Gasteiger partial charge in [0.15, 0.2) is 5.96 Å². The number of guanidine groups is 1. The molecule has 2 unspecified atom stereocenters. The van der Waals surface area contributed by atoms with Crippen molar-refractivity contribution in [3.05, 3.63) is 29.8 Å². The molecule has 0 saturated carbocycles. The molecule has 0 spiro atoms. The molecule has 1 heterocycles. The van der Waals surface area contributed by atoms with Gasteiger partial charge in [-0.2, -0.15) is 0 Å². The molecule has 25 heavy (non-hydrogen) atoms. The molecule has 2 N–H and O–H groups in total. The van der Waals surface area contributed by atoms with Crippen molar-refractivity contribution in [1.82, 2.24) is 10.2 Å². The van der Waals surface area contributed by atoms with Gasteiger partial charge in [0, 0.05) is 32.2 Å². The SMILES string of the molecule is CCNC(=NCC(O)c1cccc(OC)c1)N1CCC(COCC)C1. The molecule has 1 aromatic carbocycles. The minimum absolute atomic E-state index is 0.322. The fraction of sp³-hybridized carbons (Fsp3) is 0.632. The summed E-state index contributed by atoms with van der Waals surface area (Å²) in [5.41, 5.74) is 0.814. The van der Waals surface area contributed by atoms with E-state index in [1.54, 1.807) is 7.11 Å². The van der Waals surface area contributed by atoms with Crippen LogP contribution < -0.4 is 10.1 Å². The maximum absolute atomic E-state index is 10.4. The van der Waals surface area contributed by atoms with E-state index in [9.17, 15) is 5.11 Å². The van der Waals surface area contributed by atoms with Crippen LogP contribution in [0.4, 0.5) is 0 Å². The molecule has 0 radical (unpaired) electrons. The first-order valence-corrected chi connectivity index (χ1v) is 9.10. The van der Waals surface area contributed by atoms with Crippen molar-refractivity contribution in [2.24, 2.45) is 10.9 Å². The van der Waals surface area contributed by atoms with Crippen LogP contribution in [0.5, 0.6) is 5.75 Å². The zero-order chi connectivity index (χ0) is 18.1. The average molecular weight is 349 g/mol. The number of nitrogens with zero attached hydrogens (tertiary/aromatic N) is 2. The smallest absolute Gasteiger partial charge is 0.194 e. The highest BCUT2D eigenvalue weighted by Crippen LogP contribution is 2.20. The maximum Gasteiger partial charge on any atom is 0.194 e. The largest absolute Gasteiger partial charge is 0.497 e. The Bertz CT molecular complexity index is 550. The second-order valence-electron chi connectivity index (χ2n) is 6.25. The number of aliphatic imine (C=N–C) groups is 1. The molecule has 1 aliphatic heterocycles. The van der Waals surface area contributed by atoms with Crippen molar-refractivity contribution < 1.29 is 14.6 Å². The number of aliphatic hydroxyl groups is 1. The fourth-order valence-electron chi connectivity index (χ4n) is 3.00. The van der Waals surface area contributed by atoms with Gasteiger partial charge in [-0.05, 0) is 38.0 Å². The number of rotatable bonds is 8. The van der Waals surface area contributed by atoms with E-state index in [-0.39, 0.29) is 0 Å². The van der Waals surface area contributed by atoms with E-state index < -0.39 is 6.10 Å². The Kier molecular flexibility index (Phi) is 8.01. The number of methoxy groups -OCH3 is 1. The topological polar surface area (TPSA) is 66.3 Å². The van der Waals surface area contributed by atoms with Gasteiger partial charge < -0.3 is 24.8 Å². The van der Waals surface area contributed by atoms with Crippen molar-refractivity contribution in [2.75, 3.05) is 46.5 Å². The van der Waals surface area contributed by atoms with E-state index >= 15 is 0 Å². The number of benzene rings is 1. The molecule has 1 aromatic rings. The molecule has 1 saturated heterocycles. The highest BCUT2D eigenvalue weighted by Gasteiger charge is 2.25. The van der Waals surface area contributed by atoms with Crippen LogP contribution in [0, 0.1) is 5.92 Å². The third kappa shape index (κ3) is 5.90. The van der Waals surface area contributed by atoms with Crippen molar-refractivity contribution in [2.45, 2.75) is 26.4 Å². The Balaban J connectivity index is 1.97. The standard InChI is InChI=1S/C19H31N3O3/c1-4-20-19(22-10-9-15(13-22)14-25-5-2)21-12-18(23)16-7-6-8-17(11-16)24-3/h6-8,11,15,18,23H,4-5,9-10,12-14H2,1-3H3,(H,20,21). The fourth-order valence-corrected chi connectivity index (χ4v) is 3.00. The van der Waals surface area contributed by atoms with Crippen LogP contribution in [0.2, 0.25) is 0 Å². The summed E-state index contributed by atoms with van der Waals surface area (Å²) in [6.07, 6.45) is 0.466. The summed E-state index contributed by atoms with van der Waals surface area (Å²) in [6, 6.07) is 7.49. The van der Waals surface area contributed by atoms with E-state index in [0.29, 0.717) is 12.5 Å². The Morgan fingerprint density at radius 2 is 2.28 bits per heavy atom. The monoisotopic (exact) mass is 349 g/mol. The first-order valence-electron chi connectivity index (χ1n) is 9.10. The van der Waals surface area contributed by atoms with Crippen LogP contribution >= 0.6 is 0 Å². The van der Waals surface area contributed by atoms with Crippen LogP contribution in [0.25, 0.3) is 0 Å². The predicted molar refractivity (Wildman–Crippen MR) is 100 cm³/mol. The third-order valence-electron chi connectivity index (χ3n) is 4.37. The minimum atomic E-state index is -0.648. The summed E-state index contributed by atoms with van der Waals surface area (Å²) in [7, 11) is 1.62. The average Bonchev–Trinajstić information content (AvgIpc) is 3.12. The third-order valence-corrected chi connectivity index (χ3v) is 4.37. The van der Waals surface area contributed by atoms with Crippen molar-refractivity contribution in [1.29, 1.82) is 0 Å². The van der Waals surface area contributed by atoms with Gasteiger partial charge >= 0.3 is 0 Å². The van der Waals surface area contributed by atoms with Gasteiger partial charge in [-0.1, -0.05) is 12.1 Å². The summed E-state index contributed by atoms with van der Waals surface area (Å²) >= 11 is 0. The molecule has 6 heteroatoms. The van der Waals surface area contributed by atoms with Gasteiger partial charge in [0.25, 0.3) is 0 Å². The highest BCUT2D eigenvalue weighted by molar-refractivity contribution is 5.80. The van der Waals surface area contributed by atoms with Gasteiger partial charge in [0.1, 0.15) is 5.75 Å². The van der Waals surface area contributed by atoms with E-state index in [0.717, 1.165) is 56.5 Å². The zero-order valence-electron chi connectivity index (χ0n) is 15.6. The van der Waals surface area contributed by atoms with E-state index in [4.69, 9.17) is 9.47 Å². The van der Waals surface area contributed by atoms with Gasteiger partial charge in [-0.25, -0.2) is 0 Å². The quantitative estimate of drug-likeness (QED) is 0.555. The second kappa shape index (κ2) is 10.3.